The average Bonchev–Trinajstić information content (AvgIpc) is 1.95. The molecule has 0 aliphatic carbocycles. The number of benzene rings is 1. The minimum absolute atomic E-state index is 0. The Labute approximate surface area is 73.0 Å². The van der Waals surface area contributed by atoms with Gasteiger partial charge in [0.25, 0.3) is 0 Å². The van der Waals surface area contributed by atoms with E-state index in [1.165, 1.54) is 5.56 Å². The van der Waals surface area contributed by atoms with Crippen molar-refractivity contribution < 1.29 is 0 Å². The van der Waals surface area contributed by atoms with Gasteiger partial charge in [-0.05, 0) is 24.1 Å². The van der Waals surface area contributed by atoms with E-state index in [0.717, 1.165) is 6.42 Å². The Morgan fingerprint density at radius 2 is 1.82 bits per heavy atom. The highest BCUT2D eigenvalue weighted by molar-refractivity contribution is 5.85. The molecule has 0 atom stereocenters. The first kappa shape index (κ1) is 10.1. The van der Waals surface area contributed by atoms with Crippen molar-refractivity contribution in [1.82, 2.24) is 0 Å². The minimum Gasteiger partial charge on any atom is -0.397 e. The number of hydrogen-bond donors (Lipinski definition) is 2. The molecular formula is C8H13ClN2. The van der Waals surface area contributed by atoms with Crippen molar-refractivity contribution in [3.05, 3.63) is 23.8 Å². The molecule has 0 saturated heterocycles. The Hall–Kier alpha value is -0.890. The summed E-state index contributed by atoms with van der Waals surface area (Å²) < 4.78 is 0. The zero-order chi connectivity index (χ0) is 7.56. The molecule has 0 saturated carbocycles. The second-order valence-corrected chi connectivity index (χ2v) is 2.32. The second kappa shape index (κ2) is 4.09. The average molecular weight is 173 g/mol. The fourth-order valence-electron chi connectivity index (χ4n) is 0.844. The van der Waals surface area contributed by atoms with Gasteiger partial charge in [-0.1, -0.05) is 13.0 Å². The van der Waals surface area contributed by atoms with Crippen LogP contribution in [0, 0.1) is 0 Å². The van der Waals surface area contributed by atoms with E-state index < -0.39 is 0 Å². The van der Waals surface area contributed by atoms with Crippen molar-refractivity contribution in [2.24, 2.45) is 0 Å². The molecule has 0 bridgehead atoms. The third kappa shape index (κ3) is 2.31. The summed E-state index contributed by atoms with van der Waals surface area (Å²) >= 11 is 0. The van der Waals surface area contributed by atoms with Gasteiger partial charge < -0.3 is 11.5 Å². The molecule has 0 unspecified atom stereocenters. The molecule has 0 aromatic heterocycles. The standard InChI is InChI=1S/C8H12N2.ClH/c1-2-6-3-4-7(9)8(10)5-6;/h3-5H,2,9-10H2,1H3;1H. The summed E-state index contributed by atoms with van der Waals surface area (Å²) in [6.07, 6.45) is 1.00. The zero-order valence-corrected chi connectivity index (χ0v) is 7.32. The van der Waals surface area contributed by atoms with Gasteiger partial charge in [0.05, 0.1) is 11.4 Å². The van der Waals surface area contributed by atoms with Crippen molar-refractivity contribution >= 4 is 23.8 Å². The second-order valence-electron chi connectivity index (χ2n) is 2.32. The smallest absolute Gasteiger partial charge is 0.0550 e. The van der Waals surface area contributed by atoms with Crippen LogP contribution in [-0.2, 0) is 6.42 Å². The van der Waals surface area contributed by atoms with E-state index in [-0.39, 0.29) is 12.4 Å². The lowest BCUT2D eigenvalue weighted by Gasteiger charge is -2.00. The number of nitrogens with two attached hydrogens (primary N) is 2. The van der Waals surface area contributed by atoms with Crippen LogP contribution in [0.3, 0.4) is 0 Å². The van der Waals surface area contributed by atoms with Gasteiger partial charge >= 0.3 is 0 Å². The summed E-state index contributed by atoms with van der Waals surface area (Å²) in [6, 6.07) is 5.75. The Balaban J connectivity index is 0.000001000. The maximum Gasteiger partial charge on any atom is 0.0550 e. The lowest BCUT2D eigenvalue weighted by molar-refractivity contribution is 1.14. The maximum absolute atomic E-state index is 5.57. The van der Waals surface area contributed by atoms with Crippen molar-refractivity contribution in [2.45, 2.75) is 13.3 Å². The molecular weight excluding hydrogens is 160 g/mol. The van der Waals surface area contributed by atoms with Crippen molar-refractivity contribution in [3.8, 4) is 0 Å². The summed E-state index contributed by atoms with van der Waals surface area (Å²) in [5.74, 6) is 0. The highest BCUT2D eigenvalue weighted by Gasteiger charge is 1.93. The SMILES string of the molecule is CCc1ccc(N)c(N)c1.Cl. The largest absolute Gasteiger partial charge is 0.397 e. The van der Waals surface area contributed by atoms with E-state index >= 15 is 0 Å². The monoisotopic (exact) mass is 172 g/mol. The highest BCUT2D eigenvalue weighted by atomic mass is 35.5. The third-order valence-electron chi connectivity index (χ3n) is 1.56. The fraction of sp³-hybridized carbons (Fsp3) is 0.250. The molecule has 0 fully saturated rings. The quantitative estimate of drug-likeness (QED) is 0.636. The number of aryl methyl sites for hydroxylation is 1. The van der Waals surface area contributed by atoms with E-state index in [2.05, 4.69) is 6.92 Å². The van der Waals surface area contributed by atoms with Crippen LogP contribution in [0.15, 0.2) is 18.2 Å². The van der Waals surface area contributed by atoms with Crippen LogP contribution in [0.1, 0.15) is 12.5 Å². The van der Waals surface area contributed by atoms with Crippen LogP contribution in [0.25, 0.3) is 0 Å². The molecule has 3 heteroatoms. The summed E-state index contributed by atoms with van der Waals surface area (Å²) in [7, 11) is 0. The van der Waals surface area contributed by atoms with Gasteiger partial charge in [-0.2, -0.15) is 0 Å². The van der Waals surface area contributed by atoms with Crippen molar-refractivity contribution in [1.29, 1.82) is 0 Å². The fourth-order valence-corrected chi connectivity index (χ4v) is 0.844. The number of nitrogen functional groups attached to an aromatic ring is 2. The number of halogens is 1. The molecule has 1 aromatic rings. The summed E-state index contributed by atoms with van der Waals surface area (Å²) in [4.78, 5) is 0. The first-order valence-electron chi connectivity index (χ1n) is 3.38. The molecule has 0 radical (unpaired) electrons. The van der Waals surface area contributed by atoms with E-state index in [0.29, 0.717) is 11.4 Å². The van der Waals surface area contributed by atoms with Crippen molar-refractivity contribution in [3.63, 3.8) is 0 Å². The Kier molecular flexibility index (Phi) is 3.76. The molecule has 4 N–H and O–H groups in total. The molecule has 0 spiro atoms. The van der Waals surface area contributed by atoms with Gasteiger partial charge in [0.1, 0.15) is 0 Å². The van der Waals surface area contributed by atoms with Crippen LogP contribution in [0.5, 0.6) is 0 Å². The Bertz CT molecular complexity index is 236. The predicted molar refractivity (Wildman–Crippen MR) is 51.9 cm³/mol. The molecule has 1 rings (SSSR count). The lowest BCUT2D eigenvalue weighted by atomic mass is 10.1. The third-order valence-corrected chi connectivity index (χ3v) is 1.56. The summed E-state index contributed by atoms with van der Waals surface area (Å²) in [6.45, 7) is 2.09. The lowest BCUT2D eigenvalue weighted by Crippen LogP contribution is -1.94. The van der Waals surface area contributed by atoms with Gasteiger partial charge in [0, 0.05) is 0 Å². The number of hydrogen-bond acceptors (Lipinski definition) is 2. The van der Waals surface area contributed by atoms with Gasteiger partial charge in [0.2, 0.25) is 0 Å². The molecule has 11 heavy (non-hydrogen) atoms. The number of anilines is 2. The molecule has 0 aliphatic rings. The predicted octanol–water partition coefficient (Wildman–Crippen LogP) is 1.84. The van der Waals surface area contributed by atoms with Gasteiger partial charge in [0.15, 0.2) is 0 Å². The van der Waals surface area contributed by atoms with E-state index in [9.17, 15) is 0 Å². The number of rotatable bonds is 1. The van der Waals surface area contributed by atoms with Crippen molar-refractivity contribution in [2.75, 3.05) is 11.5 Å². The normalized spacial score (nSPS) is 8.82. The maximum atomic E-state index is 5.57. The molecule has 1 aromatic carbocycles. The summed E-state index contributed by atoms with van der Waals surface area (Å²) in [5.41, 5.74) is 13.7. The minimum atomic E-state index is 0. The Morgan fingerprint density at radius 3 is 2.27 bits per heavy atom. The van der Waals surface area contributed by atoms with Gasteiger partial charge in [-0.25, -0.2) is 0 Å². The van der Waals surface area contributed by atoms with Crippen LogP contribution in [-0.4, -0.2) is 0 Å². The van der Waals surface area contributed by atoms with Crippen LogP contribution in [0.4, 0.5) is 11.4 Å². The van der Waals surface area contributed by atoms with E-state index in [1.54, 1.807) is 0 Å². The van der Waals surface area contributed by atoms with Gasteiger partial charge in [-0.15, -0.1) is 12.4 Å². The van der Waals surface area contributed by atoms with E-state index in [1.807, 2.05) is 18.2 Å². The zero-order valence-electron chi connectivity index (χ0n) is 6.50. The van der Waals surface area contributed by atoms with Crippen LogP contribution < -0.4 is 11.5 Å². The molecule has 0 heterocycles. The first-order chi connectivity index (χ1) is 4.74. The molecule has 2 nitrogen and oxygen atoms in total. The van der Waals surface area contributed by atoms with Gasteiger partial charge in [-0.3, -0.25) is 0 Å². The van der Waals surface area contributed by atoms with E-state index in [4.69, 9.17) is 11.5 Å². The Morgan fingerprint density at radius 1 is 1.18 bits per heavy atom. The van der Waals surface area contributed by atoms with Crippen LogP contribution in [0.2, 0.25) is 0 Å². The highest BCUT2D eigenvalue weighted by Crippen LogP contribution is 2.15. The summed E-state index contributed by atoms with van der Waals surface area (Å²) in [5, 5.41) is 0. The first-order valence-corrected chi connectivity index (χ1v) is 3.38. The molecule has 0 amide bonds. The van der Waals surface area contributed by atoms with Crippen LogP contribution >= 0.6 is 12.4 Å². The molecule has 62 valence electrons. The topological polar surface area (TPSA) is 52.0 Å². The molecule has 0 aliphatic heterocycles.